The van der Waals surface area contributed by atoms with E-state index in [1.165, 1.54) is 6.07 Å². The van der Waals surface area contributed by atoms with Crippen LogP contribution >= 0.6 is 11.8 Å². The molecule has 1 aromatic carbocycles. The largest absolute Gasteiger partial charge is 0.387 e. The number of hydrogen-bond donors (Lipinski definition) is 2. The van der Waals surface area contributed by atoms with E-state index >= 15 is 0 Å². The predicted octanol–water partition coefficient (Wildman–Crippen LogP) is 2.09. The summed E-state index contributed by atoms with van der Waals surface area (Å²) in [5.41, 5.74) is 0.143. The van der Waals surface area contributed by atoms with Crippen LogP contribution in [0.25, 0.3) is 0 Å². The van der Waals surface area contributed by atoms with Gasteiger partial charge in [0.15, 0.2) is 0 Å². The Morgan fingerprint density at radius 2 is 2.29 bits per heavy atom. The zero-order valence-corrected chi connectivity index (χ0v) is 10.1. The third kappa shape index (κ3) is 3.40. The van der Waals surface area contributed by atoms with Gasteiger partial charge in [-0.3, -0.25) is 0 Å². The van der Waals surface area contributed by atoms with Gasteiger partial charge in [-0.05, 0) is 18.2 Å². The van der Waals surface area contributed by atoms with Gasteiger partial charge in [-0.15, -0.1) is 0 Å². The van der Waals surface area contributed by atoms with Gasteiger partial charge in [0.25, 0.3) is 0 Å². The monoisotopic (exact) mass is 259 g/mol. The van der Waals surface area contributed by atoms with E-state index in [2.05, 4.69) is 5.32 Å². The van der Waals surface area contributed by atoms with Gasteiger partial charge in [-0.1, -0.05) is 6.07 Å². The first-order valence-corrected chi connectivity index (χ1v) is 6.76. The number of rotatable bonds is 4. The van der Waals surface area contributed by atoms with Gasteiger partial charge < -0.3 is 10.4 Å². The second-order valence-electron chi connectivity index (χ2n) is 4.15. The van der Waals surface area contributed by atoms with Crippen molar-refractivity contribution in [1.29, 1.82) is 0 Å². The molecule has 0 aliphatic carbocycles. The highest BCUT2D eigenvalue weighted by Gasteiger charge is 2.18. The lowest BCUT2D eigenvalue weighted by atomic mass is 10.1. The molecule has 1 aliphatic rings. The SMILES string of the molecule is OC(CNC1CCSC1)c1ccc(F)cc1F. The molecule has 0 spiro atoms. The molecule has 0 amide bonds. The van der Waals surface area contributed by atoms with Crippen molar-refractivity contribution in [2.45, 2.75) is 18.6 Å². The Hall–Kier alpha value is -0.650. The molecule has 0 aromatic heterocycles. The minimum Gasteiger partial charge on any atom is -0.387 e. The Morgan fingerprint density at radius 3 is 2.94 bits per heavy atom. The lowest BCUT2D eigenvalue weighted by Crippen LogP contribution is -2.32. The molecule has 17 heavy (non-hydrogen) atoms. The first kappa shape index (κ1) is 12.8. The maximum absolute atomic E-state index is 13.4. The summed E-state index contributed by atoms with van der Waals surface area (Å²) >= 11 is 1.87. The Labute approximate surface area is 103 Å². The Balaban J connectivity index is 1.91. The van der Waals surface area contributed by atoms with Crippen LogP contribution in [0.3, 0.4) is 0 Å². The minimum atomic E-state index is -0.929. The van der Waals surface area contributed by atoms with Crippen LogP contribution in [-0.4, -0.2) is 29.2 Å². The quantitative estimate of drug-likeness (QED) is 0.868. The van der Waals surface area contributed by atoms with Crippen molar-refractivity contribution in [3.05, 3.63) is 35.4 Å². The summed E-state index contributed by atoms with van der Waals surface area (Å²) in [5.74, 6) is 0.829. The van der Waals surface area contributed by atoms with Crippen molar-refractivity contribution >= 4 is 11.8 Å². The van der Waals surface area contributed by atoms with E-state index in [9.17, 15) is 13.9 Å². The van der Waals surface area contributed by atoms with Crippen molar-refractivity contribution in [2.75, 3.05) is 18.1 Å². The molecule has 0 bridgehead atoms. The van der Waals surface area contributed by atoms with Crippen LogP contribution in [0.2, 0.25) is 0 Å². The van der Waals surface area contributed by atoms with Gasteiger partial charge in [-0.25, -0.2) is 8.78 Å². The second-order valence-corrected chi connectivity index (χ2v) is 5.30. The highest BCUT2D eigenvalue weighted by Crippen LogP contribution is 2.20. The minimum absolute atomic E-state index is 0.143. The zero-order chi connectivity index (χ0) is 12.3. The van der Waals surface area contributed by atoms with E-state index in [0.717, 1.165) is 30.1 Å². The van der Waals surface area contributed by atoms with Crippen molar-refractivity contribution in [3.63, 3.8) is 0 Å². The Kier molecular flexibility index (Phi) is 4.36. The van der Waals surface area contributed by atoms with Crippen LogP contribution in [-0.2, 0) is 0 Å². The first-order chi connectivity index (χ1) is 8.16. The molecule has 1 aromatic rings. The van der Waals surface area contributed by atoms with Crippen LogP contribution in [0, 0.1) is 11.6 Å². The molecule has 94 valence electrons. The summed E-state index contributed by atoms with van der Waals surface area (Å²) in [5, 5.41) is 13.0. The van der Waals surface area contributed by atoms with E-state index in [4.69, 9.17) is 0 Å². The van der Waals surface area contributed by atoms with Crippen molar-refractivity contribution < 1.29 is 13.9 Å². The van der Waals surface area contributed by atoms with Crippen molar-refractivity contribution in [2.24, 2.45) is 0 Å². The number of nitrogens with one attached hydrogen (secondary N) is 1. The van der Waals surface area contributed by atoms with E-state index in [1.54, 1.807) is 0 Å². The van der Waals surface area contributed by atoms with Crippen molar-refractivity contribution in [1.82, 2.24) is 5.32 Å². The number of thioether (sulfide) groups is 1. The summed E-state index contributed by atoms with van der Waals surface area (Å²) in [7, 11) is 0. The first-order valence-electron chi connectivity index (χ1n) is 5.61. The maximum Gasteiger partial charge on any atom is 0.131 e. The summed E-state index contributed by atoms with van der Waals surface area (Å²) in [4.78, 5) is 0. The molecular weight excluding hydrogens is 244 g/mol. The van der Waals surface area contributed by atoms with E-state index in [-0.39, 0.29) is 5.56 Å². The standard InChI is InChI=1S/C12H15F2NOS/c13-8-1-2-10(11(14)5-8)12(16)6-15-9-3-4-17-7-9/h1-2,5,9,12,15-16H,3-4,6-7H2. The van der Waals surface area contributed by atoms with Gasteiger partial charge in [0, 0.05) is 30.0 Å². The lowest BCUT2D eigenvalue weighted by Gasteiger charge is -2.16. The molecule has 2 nitrogen and oxygen atoms in total. The number of halogens is 2. The zero-order valence-electron chi connectivity index (χ0n) is 9.33. The molecule has 5 heteroatoms. The van der Waals surface area contributed by atoms with Gasteiger partial charge >= 0.3 is 0 Å². The molecule has 1 heterocycles. The Bertz CT molecular complexity index is 383. The number of benzene rings is 1. The van der Waals surface area contributed by atoms with Gasteiger partial charge in [0.05, 0.1) is 6.10 Å². The maximum atomic E-state index is 13.4. The molecule has 1 saturated heterocycles. The highest BCUT2D eigenvalue weighted by atomic mass is 32.2. The number of aliphatic hydroxyl groups is 1. The fourth-order valence-corrected chi connectivity index (χ4v) is 3.04. The molecule has 1 aliphatic heterocycles. The van der Waals surface area contributed by atoms with Gasteiger partial charge in [0.2, 0.25) is 0 Å². The fourth-order valence-electron chi connectivity index (χ4n) is 1.86. The normalized spacial score (nSPS) is 21.7. The highest BCUT2D eigenvalue weighted by molar-refractivity contribution is 7.99. The van der Waals surface area contributed by atoms with Crippen LogP contribution in [0.4, 0.5) is 8.78 Å². The third-order valence-corrected chi connectivity index (χ3v) is 4.01. The Morgan fingerprint density at radius 1 is 1.47 bits per heavy atom. The average molecular weight is 259 g/mol. The lowest BCUT2D eigenvalue weighted by molar-refractivity contribution is 0.166. The van der Waals surface area contributed by atoms with Crippen molar-refractivity contribution in [3.8, 4) is 0 Å². The molecule has 2 rings (SSSR count). The molecule has 1 fully saturated rings. The smallest absolute Gasteiger partial charge is 0.131 e. The van der Waals surface area contributed by atoms with E-state index in [1.807, 2.05) is 11.8 Å². The molecule has 2 N–H and O–H groups in total. The summed E-state index contributed by atoms with van der Waals surface area (Å²) in [6, 6.07) is 3.63. The average Bonchev–Trinajstić information content (AvgIpc) is 2.78. The molecule has 0 saturated carbocycles. The van der Waals surface area contributed by atoms with E-state index < -0.39 is 17.7 Å². The fraction of sp³-hybridized carbons (Fsp3) is 0.500. The van der Waals surface area contributed by atoms with Crippen LogP contribution < -0.4 is 5.32 Å². The number of hydrogen-bond acceptors (Lipinski definition) is 3. The predicted molar refractivity (Wildman–Crippen MR) is 65.1 cm³/mol. The topological polar surface area (TPSA) is 32.3 Å². The molecule has 0 radical (unpaired) electrons. The summed E-state index contributed by atoms with van der Waals surface area (Å²) in [6.07, 6.45) is 0.143. The van der Waals surface area contributed by atoms with Gasteiger partial charge in [-0.2, -0.15) is 11.8 Å². The molecule has 2 atom stereocenters. The summed E-state index contributed by atoms with van der Waals surface area (Å²) in [6.45, 7) is 0.299. The van der Waals surface area contributed by atoms with Gasteiger partial charge in [0.1, 0.15) is 11.6 Å². The summed E-state index contributed by atoms with van der Waals surface area (Å²) < 4.78 is 26.1. The molecule has 2 unspecified atom stereocenters. The van der Waals surface area contributed by atoms with E-state index in [0.29, 0.717) is 12.6 Å². The second kappa shape index (κ2) is 5.80. The van der Waals surface area contributed by atoms with Crippen LogP contribution in [0.5, 0.6) is 0 Å². The van der Waals surface area contributed by atoms with Crippen LogP contribution in [0.15, 0.2) is 18.2 Å². The third-order valence-electron chi connectivity index (χ3n) is 2.85. The molecular formula is C12H15F2NOS. The van der Waals surface area contributed by atoms with Crippen LogP contribution in [0.1, 0.15) is 18.1 Å². The number of aliphatic hydroxyl groups excluding tert-OH is 1.